The number of piperidine rings is 1. The molecule has 1 saturated heterocycles. The van der Waals surface area contributed by atoms with Gasteiger partial charge in [-0.15, -0.1) is 0 Å². The second-order valence-electron chi connectivity index (χ2n) is 5.27. The van der Waals surface area contributed by atoms with Gasteiger partial charge in [0.2, 0.25) is 6.79 Å². The first kappa shape index (κ1) is 12.8. The molecule has 4 heteroatoms. The molecule has 0 amide bonds. The zero-order valence-electron chi connectivity index (χ0n) is 11.4. The Morgan fingerprint density at radius 1 is 1.05 bits per heavy atom. The lowest BCUT2D eigenvalue weighted by molar-refractivity contribution is 0.174. The highest BCUT2D eigenvalue weighted by Gasteiger charge is 2.13. The summed E-state index contributed by atoms with van der Waals surface area (Å²) in [5.74, 6) is 1.73. The Morgan fingerprint density at radius 3 is 2.79 bits per heavy atom. The summed E-state index contributed by atoms with van der Waals surface area (Å²) in [5, 5.41) is 3.50. The van der Waals surface area contributed by atoms with E-state index in [1.165, 1.54) is 37.9 Å². The zero-order chi connectivity index (χ0) is 12.9. The maximum Gasteiger partial charge on any atom is 0.231 e. The summed E-state index contributed by atoms with van der Waals surface area (Å²) >= 11 is 0. The Kier molecular flexibility index (Phi) is 4.20. The Hall–Kier alpha value is -1.26. The van der Waals surface area contributed by atoms with Gasteiger partial charge in [-0.05, 0) is 43.6 Å². The Bertz CT molecular complexity index is 417. The minimum atomic E-state index is 0.348. The van der Waals surface area contributed by atoms with Crippen LogP contribution >= 0.6 is 0 Å². The van der Waals surface area contributed by atoms with Crippen molar-refractivity contribution >= 4 is 0 Å². The molecule has 3 rings (SSSR count). The molecule has 0 aromatic heterocycles. The highest BCUT2D eigenvalue weighted by molar-refractivity contribution is 5.44. The molecule has 4 nitrogen and oxygen atoms in total. The van der Waals surface area contributed by atoms with E-state index < -0.39 is 0 Å². The van der Waals surface area contributed by atoms with Crippen LogP contribution in [-0.4, -0.2) is 37.9 Å². The second-order valence-corrected chi connectivity index (χ2v) is 5.27. The van der Waals surface area contributed by atoms with Gasteiger partial charge in [-0.2, -0.15) is 0 Å². The van der Waals surface area contributed by atoms with Crippen molar-refractivity contribution in [3.63, 3.8) is 0 Å². The smallest absolute Gasteiger partial charge is 0.231 e. The first-order chi connectivity index (χ1) is 9.42. The first-order valence-corrected chi connectivity index (χ1v) is 7.23. The van der Waals surface area contributed by atoms with Gasteiger partial charge in [0.05, 0.1) is 0 Å². The lowest BCUT2D eigenvalue weighted by Crippen LogP contribution is -2.35. The number of nitrogens with one attached hydrogen (secondary N) is 1. The second kappa shape index (κ2) is 6.26. The lowest BCUT2D eigenvalue weighted by Gasteiger charge is -2.26. The van der Waals surface area contributed by atoms with E-state index in [0.29, 0.717) is 6.79 Å². The maximum atomic E-state index is 5.38. The molecule has 2 heterocycles. The molecule has 19 heavy (non-hydrogen) atoms. The topological polar surface area (TPSA) is 33.7 Å². The van der Waals surface area contributed by atoms with Crippen LogP contribution in [0.4, 0.5) is 0 Å². The Morgan fingerprint density at radius 2 is 1.89 bits per heavy atom. The number of ether oxygens (including phenoxy) is 2. The molecule has 0 radical (unpaired) electrons. The molecule has 1 aromatic carbocycles. The van der Waals surface area contributed by atoms with E-state index in [1.54, 1.807) is 0 Å². The van der Waals surface area contributed by atoms with Gasteiger partial charge in [-0.1, -0.05) is 12.5 Å². The van der Waals surface area contributed by atoms with Gasteiger partial charge >= 0.3 is 0 Å². The van der Waals surface area contributed by atoms with Crippen LogP contribution in [-0.2, 0) is 6.54 Å². The predicted octanol–water partition coefficient (Wildman–Crippen LogP) is 1.99. The average Bonchev–Trinajstić information content (AvgIpc) is 2.92. The van der Waals surface area contributed by atoms with E-state index in [2.05, 4.69) is 22.3 Å². The Labute approximate surface area is 114 Å². The highest BCUT2D eigenvalue weighted by atomic mass is 16.7. The van der Waals surface area contributed by atoms with Crippen molar-refractivity contribution in [2.24, 2.45) is 0 Å². The van der Waals surface area contributed by atoms with Crippen molar-refractivity contribution in [1.29, 1.82) is 0 Å². The number of likely N-dealkylation sites (tertiary alicyclic amines) is 1. The SMILES string of the molecule is c1cc2c(cc1CNCCN1CCCCC1)OCO2. The van der Waals surface area contributed by atoms with Gasteiger partial charge in [-0.3, -0.25) is 0 Å². The summed E-state index contributed by atoms with van der Waals surface area (Å²) in [5.41, 5.74) is 1.25. The van der Waals surface area contributed by atoms with Crippen LogP contribution in [0.1, 0.15) is 24.8 Å². The molecule has 1 fully saturated rings. The molecule has 2 aliphatic rings. The van der Waals surface area contributed by atoms with Crippen molar-refractivity contribution in [2.45, 2.75) is 25.8 Å². The standard InChI is InChI=1S/C15H22N2O2/c1-2-7-17(8-3-1)9-6-16-11-13-4-5-14-15(10-13)19-12-18-14/h4-5,10,16H,1-3,6-9,11-12H2. The van der Waals surface area contributed by atoms with Crippen molar-refractivity contribution in [1.82, 2.24) is 10.2 Å². The molecule has 104 valence electrons. The number of hydrogen-bond acceptors (Lipinski definition) is 4. The highest BCUT2D eigenvalue weighted by Crippen LogP contribution is 2.32. The predicted molar refractivity (Wildman–Crippen MR) is 74.6 cm³/mol. The summed E-state index contributed by atoms with van der Waals surface area (Å²) in [4.78, 5) is 2.55. The third kappa shape index (κ3) is 3.39. The molecule has 2 aliphatic heterocycles. The number of benzene rings is 1. The molecule has 0 unspecified atom stereocenters. The van der Waals surface area contributed by atoms with Crippen LogP contribution in [0.3, 0.4) is 0 Å². The van der Waals surface area contributed by atoms with Gasteiger partial charge in [0, 0.05) is 19.6 Å². The van der Waals surface area contributed by atoms with Crippen molar-refractivity contribution < 1.29 is 9.47 Å². The van der Waals surface area contributed by atoms with E-state index in [-0.39, 0.29) is 0 Å². The van der Waals surface area contributed by atoms with Gasteiger partial charge in [0.25, 0.3) is 0 Å². The van der Waals surface area contributed by atoms with Crippen LogP contribution in [0, 0.1) is 0 Å². The first-order valence-electron chi connectivity index (χ1n) is 7.23. The van der Waals surface area contributed by atoms with Crippen molar-refractivity contribution in [2.75, 3.05) is 33.0 Å². The fourth-order valence-electron chi connectivity index (χ4n) is 2.70. The van der Waals surface area contributed by atoms with E-state index in [0.717, 1.165) is 31.1 Å². The third-order valence-electron chi connectivity index (χ3n) is 3.82. The maximum absolute atomic E-state index is 5.38. The van der Waals surface area contributed by atoms with Crippen LogP contribution in [0.2, 0.25) is 0 Å². The molecule has 0 aliphatic carbocycles. The van der Waals surface area contributed by atoms with E-state index in [9.17, 15) is 0 Å². The minimum absolute atomic E-state index is 0.348. The summed E-state index contributed by atoms with van der Waals surface area (Å²) in [7, 11) is 0. The molecule has 1 aromatic rings. The summed E-state index contributed by atoms with van der Waals surface area (Å²) in [6.07, 6.45) is 4.13. The molecular formula is C15H22N2O2. The van der Waals surface area contributed by atoms with E-state index in [1.807, 2.05) is 6.07 Å². The van der Waals surface area contributed by atoms with Crippen LogP contribution in [0.25, 0.3) is 0 Å². The van der Waals surface area contributed by atoms with Gasteiger partial charge < -0.3 is 19.7 Å². The largest absolute Gasteiger partial charge is 0.454 e. The Balaban J connectivity index is 1.40. The number of hydrogen-bond donors (Lipinski definition) is 1. The molecule has 0 atom stereocenters. The number of rotatable bonds is 5. The summed E-state index contributed by atoms with van der Waals surface area (Å²) in [6.45, 7) is 5.99. The minimum Gasteiger partial charge on any atom is -0.454 e. The lowest BCUT2D eigenvalue weighted by atomic mass is 10.1. The van der Waals surface area contributed by atoms with E-state index in [4.69, 9.17) is 9.47 Å². The van der Waals surface area contributed by atoms with Crippen LogP contribution in [0.5, 0.6) is 11.5 Å². The van der Waals surface area contributed by atoms with Crippen LogP contribution in [0.15, 0.2) is 18.2 Å². The molecule has 0 bridgehead atoms. The molecule has 1 N–H and O–H groups in total. The summed E-state index contributed by atoms with van der Waals surface area (Å²) in [6, 6.07) is 6.15. The summed E-state index contributed by atoms with van der Waals surface area (Å²) < 4.78 is 10.7. The molecular weight excluding hydrogens is 240 g/mol. The third-order valence-corrected chi connectivity index (χ3v) is 3.82. The van der Waals surface area contributed by atoms with Crippen molar-refractivity contribution in [3.05, 3.63) is 23.8 Å². The van der Waals surface area contributed by atoms with E-state index >= 15 is 0 Å². The molecule has 0 spiro atoms. The zero-order valence-corrected chi connectivity index (χ0v) is 11.4. The van der Waals surface area contributed by atoms with Gasteiger partial charge in [-0.25, -0.2) is 0 Å². The average molecular weight is 262 g/mol. The van der Waals surface area contributed by atoms with Gasteiger partial charge in [0.15, 0.2) is 11.5 Å². The fourth-order valence-corrected chi connectivity index (χ4v) is 2.70. The monoisotopic (exact) mass is 262 g/mol. The normalized spacial score (nSPS) is 18.7. The van der Waals surface area contributed by atoms with Crippen LogP contribution < -0.4 is 14.8 Å². The van der Waals surface area contributed by atoms with Crippen molar-refractivity contribution in [3.8, 4) is 11.5 Å². The fraction of sp³-hybridized carbons (Fsp3) is 0.600. The number of fused-ring (bicyclic) bond motifs is 1. The van der Waals surface area contributed by atoms with Gasteiger partial charge in [0.1, 0.15) is 0 Å². The quantitative estimate of drug-likeness (QED) is 0.823. The number of nitrogens with zero attached hydrogens (tertiary/aromatic N) is 1. The molecule has 0 saturated carbocycles.